The van der Waals surface area contributed by atoms with Gasteiger partial charge in [-0.2, -0.15) is 0 Å². The first-order valence-electron chi connectivity index (χ1n) is 5.04. The third-order valence-electron chi connectivity index (χ3n) is 1.94. The SMILES string of the molecule is CCOC(=O)C(Cl)=Cc1cc(NNF)ccc1Cl. The molecule has 7 heteroatoms. The molecule has 0 saturated carbocycles. The number of hydrazine groups is 1. The van der Waals surface area contributed by atoms with Gasteiger partial charge >= 0.3 is 5.97 Å². The summed E-state index contributed by atoms with van der Waals surface area (Å²) in [4.78, 5) is 11.3. The lowest BCUT2D eigenvalue weighted by molar-refractivity contribution is -0.137. The van der Waals surface area contributed by atoms with E-state index in [0.717, 1.165) is 0 Å². The van der Waals surface area contributed by atoms with Gasteiger partial charge in [-0.05, 0) is 36.8 Å². The molecule has 98 valence electrons. The van der Waals surface area contributed by atoms with E-state index in [2.05, 4.69) is 5.43 Å². The summed E-state index contributed by atoms with van der Waals surface area (Å²) in [7, 11) is 0. The third-order valence-corrected chi connectivity index (χ3v) is 2.55. The highest BCUT2D eigenvalue weighted by molar-refractivity contribution is 6.43. The molecule has 4 nitrogen and oxygen atoms in total. The summed E-state index contributed by atoms with van der Waals surface area (Å²) in [6, 6.07) is 4.63. The number of halogens is 3. The summed E-state index contributed by atoms with van der Waals surface area (Å²) in [6.07, 6.45) is 1.35. The van der Waals surface area contributed by atoms with Crippen molar-refractivity contribution in [1.82, 2.24) is 5.65 Å². The van der Waals surface area contributed by atoms with Crippen LogP contribution in [0.5, 0.6) is 0 Å². The fourth-order valence-electron chi connectivity index (χ4n) is 1.18. The van der Waals surface area contributed by atoms with Crippen LogP contribution in [0.1, 0.15) is 12.5 Å². The minimum Gasteiger partial charge on any atom is -0.462 e. The molecule has 0 heterocycles. The third kappa shape index (κ3) is 4.18. The maximum Gasteiger partial charge on any atom is 0.349 e. The zero-order chi connectivity index (χ0) is 13.5. The minimum atomic E-state index is -0.641. The van der Waals surface area contributed by atoms with Crippen LogP contribution in [0.15, 0.2) is 23.2 Å². The Morgan fingerprint density at radius 2 is 2.28 bits per heavy atom. The first-order valence-corrected chi connectivity index (χ1v) is 5.79. The highest BCUT2D eigenvalue weighted by Gasteiger charge is 2.09. The Balaban J connectivity index is 2.97. The first kappa shape index (κ1) is 14.8. The van der Waals surface area contributed by atoms with Gasteiger partial charge in [-0.25, -0.2) is 4.79 Å². The van der Waals surface area contributed by atoms with Crippen LogP contribution in [0, 0.1) is 0 Å². The largest absolute Gasteiger partial charge is 0.462 e. The number of hydrogen-bond acceptors (Lipinski definition) is 4. The molecule has 2 N–H and O–H groups in total. The molecule has 1 rings (SSSR count). The van der Waals surface area contributed by atoms with Gasteiger partial charge < -0.3 is 4.74 Å². The van der Waals surface area contributed by atoms with Gasteiger partial charge in [0, 0.05) is 5.02 Å². The number of ether oxygens (including phenoxy) is 1. The smallest absolute Gasteiger partial charge is 0.349 e. The van der Waals surface area contributed by atoms with Gasteiger partial charge in [0.15, 0.2) is 0 Å². The molecule has 0 aliphatic rings. The molecule has 0 bridgehead atoms. The summed E-state index contributed by atoms with van der Waals surface area (Å²) in [6.45, 7) is 1.90. The number of rotatable bonds is 5. The molecule has 18 heavy (non-hydrogen) atoms. The molecule has 1 aromatic carbocycles. The lowest BCUT2D eigenvalue weighted by Crippen LogP contribution is -2.09. The van der Waals surface area contributed by atoms with Crippen LogP contribution in [-0.4, -0.2) is 12.6 Å². The Morgan fingerprint density at radius 3 is 2.89 bits per heavy atom. The molecule has 0 fully saturated rings. The number of benzene rings is 1. The van der Waals surface area contributed by atoms with E-state index in [1.54, 1.807) is 19.1 Å². The molecular weight excluding hydrogens is 282 g/mol. The van der Waals surface area contributed by atoms with Crippen LogP contribution in [-0.2, 0) is 9.53 Å². The molecule has 0 saturated heterocycles. The Labute approximate surface area is 114 Å². The van der Waals surface area contributed by atoms with Crippen LogP contribution >= 0.6 is 23.2 Å². The second-order valence-corrected chi connectivity index (χ2v) is 3.98. The quantitative estimate of drug-likeness (QED) is 0.378. The van der Waals surface area contributed by atoms with Crippen molar-refractivity contribution in [2.45, 2.75) is 6.92 Å². The standard InChI is InChI=1S/C11H11Cl2FN2O2/c1-2-18-11(17)10(13)6-7-5-8(15-16-14)3-4-9(7)12/h3-6,15-16H,2H2,1H3. The van der Waals surface area contributed by atoms with E-state index < -0.39 is 5.97 Å². The van der Waals surface area contributed by atoms with Gasteiger partial charge in [0.25, 0.3) is 0 Å². The average Bonchev–Trinajstić information content (AvgIpc) is 2.34. The zero-order valence-electron chi connectivity index (χ0n) is 9.47. The summed E-state index contributed by atoms with van der Waals surface area (Å²) in [5, 5.41) is 0.269. The van der Waals surface area contributed by atoms with Crippen LogP contribution in [0.3, 0.4) is 0 Å². The highest BCUT2D eigenvalue weighted by atomic mass is 35.5. The van der Waals surface area contributed by atoms with E-state index in [1.807, 2.05) is 0 Å². The van der Waals surface area contributed by atoms with Crippen molar-refractivity contribution in [3.63, 3.8) is 0 Å². The Bertz CT molecular complexity index is 466. The number of esters is 1. The lowest BCUT2D eigenvalue weighted by atomic mass is 10.2. The molecule has 0 radical (unpaired) electrons. The molecule has 1 aromatic rings. The van der Waals surface area contributed by atoms with Gasteiger partial charge in [0.1, 0.15) is 5.03 Å². The monoisotopic (exact) mass is 292 g/mol. The van der Waals surface area contributed by atoms with E-state index in [1.165, 1.54) is 17.8 Å². The molecule has 0 amide bonds. The second-order valence-electron chi connectivity index (χ2n) is 3.17. The van der Waals surface area contributed by atoms with Crippen molar-refractivity contribution in [1.29, 1.82) is 0 Å². The molecular formula is C11H11Cl2FN2O2. The molecule has 0 aromatic heterocycles. The van der Waals surface area contributed by atoms with E-state index in [-0.39, 0.29) is 11.6 Å². The predicted octanol–water partition coefficient (Wildman–Crippen LogP) is 3.28. The van der Waals surface area contributed by atoms with E-state index >= 15 is 0 Å². The van der Waals surface area contributed by atoms with Crippen LogP contribution in [0.4, 0.5) is 10.2 Å². The average molecular weight is 293 g/mol. The maximum atomic E-state index is 11.9. The van der Waals surface area contributed by atoms with E-state index in [0.29, 0.717) is 16.3 Å². The molecule has 0 aliphatic heterocycles. The van der Waals surface area contributed by atoms with E-state index in [4.69, 9.17) is 27.9 Å². The number of anilines is 1. The van der Waals surface area contributed by atoms with Crippen LogP contribution < -0.4 is 11.1 Å². The van der Waals surface area contributed by atoms with Gasteiger partial charge in [0.2, 0.25) is 0 Å². The fraction of sp³-hybridized carbons (Fsp3) is 0.182. The van der Waals surface area contributed by atoms with Crippen molar-refractivity contribution in [3.8, 4) is 0 Å². The van der Waals surface area contributed by atoms with Gasteiger partial charge in [-0.15, -0.1) is 4.48 Å². The lowest BCUT2D eigenvalue weighted by Gasteiger charge is -2.05. The minimum absolute atomic E-state index is 0.107. The van der Waals surface area contributed by atoms with Gasteiger partial charge in [0.05, 0.1) is 12.3 Å². The van der Waals surface area contributed by atoms with Crippen molar-refractivity contribution in [3.05, 3.63) is 33.8 Å². The first-order chi connectivity index (χ1) is 8.58. The molecule has 0 atom stereocenters. The molecule has 0 aliphatic carbocycles. The summed E-state index contributed by atoms with van der Waals surface area (Å²) in [5.41, 5.74) is 4.43. The molecule has 0 spiro atoms. The summed E-state index contributed by atoms with van der Waals surface area (Å²) < 4.78 is 16.6. The Kier molecular flexibility index (Phi) is 5.91. The van der Waals surface area contributed by atoms with Crippen LogP contribution in [0.25, 0.3) is 6.08 Å². The van der Waals surface area contributed by atoms with Crippen molar-refractivity contribution >= 4 is 40.9 Å². The molecule has 0 unspecified atom stereocenters. The summed E-state index contributed by atoms with van der Waals surface area (Å²) in [5.74, 6) is -0.641. The summed E-state index contributed by atoms with van der Waals surface area (Å²) >= 11 is 11.7. The van der Waals surface area contributed by atoms with Crippen molar-refractivity contribution in [2.24, 2.45) is 0 Å². The van der Waals surface area contributed by atoms with Gasteiger partial charge in [-0.1, -0.05) is 28.8 Å². The Hall–Kier alpha value is -1.30. The number of carbonyl (C=O) groups is 1. The van der Waals surface area contributed by atoms with E-state index in [9.17, 15) is 9.28 Å². The topological polar surface area (TPSA) is 50.4 Å². The highest BCUT2D eigenvalue weighted by Crippen LogP contribution is 2.24. The van der Waals surface area contributed by atoms with Crippen LogP contribution in [0.2, 0.25) is 5.02 Å². The predicted molar refractivity (Wildman–Crippen MR) is 69.8 cm³/mol. The number of carbonyl (C=O) groups excluding carboxylic acids is 1. The Morgan fingerprint density at radius 1 is 1.56 bits per heavy atom. The fourth-order valence-corrected chi connectivity index (χ4v) is 1.53. The number of hydrogen-bond donors (Lipinski definition) is 2. The zero-order valence-corrected chi connectivity index (χ0v) is 11.0. The van der Waals surface area contributed by atoms with Gasteiger partial charge in [-0.3, -0.25) is 5.43 Å². The maximum absolute atomic E-state index is 11.9. The van der Waals surface area contributed by atoms with Crippen molar-refractivity contribution < 1.29 is 14.0 Å². The number of nitrogens with one attached hydrogen (secondary N) is 2. The van der Waals surface area contributed by atoms with Crippen molar-refractivity contribution in [2.75, 3.05) is 12.0 Å². The second kappa shape index (κ2) is 7.20. The normalized spacial score (nSPS) is 11.2.